The Balaban J connectivity index is 2.21. The summed E-state index contributed by atoms with van der Waals surface area (Å²) in [6.45, 7) is 3.79. The Kier molecular flexibility index (Phi) is 0.426. The van der Waals surface area contributed by atoms with Crippen LogP contribution in [0.5, 0.6) is 0 Å². The molecular weight excluding hydrogens is 86.1 g/mol. The van der Waals surface area contributed by atoms with Crippen LogP contribution in [0.3, 0.4) is 0 Å². The second-order valence-electron chi connectivity index (χ2n) is 2.39. The molecule has 0 aromatic rings. The van der Waals surface area contributed by atoms with Crippen molar-refractivity contribution < 1.29 is 4.48 Å². The molecule has 0 bridgehead atoms. The van der Waals surface area contributed by atoms with E-state index >= 15 is 0 Å². The van der Waals surface area contributed by atoms with Gasteiger partial charge in [0.2, 0.25) is 0 Å². The van der Waals surface area contributed by atoms with Gasteiger partial charge in [-0.05, 0) is 0 Å². The summed E-state index contributed by atoms with van der Waals surface area (Å²) in [6.07, 6.45) is 1.40. The predicted octanol–water partition coefficient (Wildman–Crippen LogP) is 0.181. The van der Waals surface area contributed by atoms with Gasteiger partial charge in [-0.1, -0.05) is 0 Å². The predicted molar refractivity (Wildman–Crippen MR) is 27.3 cm³/mol. The molecule has 7 heavy (non-hydrogen) atoms. The zero-order valence-electron chi connectivity index (χ0n) is 4.28. The normalized spacial score (nSPS) is 29.7. The molecule has 1 heteroatoms. The van der Waals surface area contributed by atoms with E-state index in [0.717, 1.165) is 11.0 Å². The SMILES string of the molecule is C1#C[N+]2(C1)CCC2. The fourth-order valence-electron chi connectivity index (χ4n) is 1.11. The minimum atomic E-state index is 1.14. The van der Waals surface area contributed by atoms with Crippen molar-refractivity contribution in [1.82, 2.24) is 0 Å². The molecule has 0 radical (unpaired) electrons. The molecular formula is C6H8N+. The maximum Gasteiger partial charge on any atom is 0.158 e. The van der Waals surface area contributed by atoms with Crippen LogP contribution >= 0.6 is 0 Å². The molecule has 2 aliphatic rings. The molecule has 0 unspecified atom stereocenters. The van der Waals surface area contributed by atoms with Gasteiger partial charge in [-0.3, -0.25) is 0 Å². The minimum Gasteiger partial charge on any atom is -0.236 e. The van der Waals surface area contributed by atoms with Crippen LogP contribution in [0.2, 0.25) is 0 Å². The Morgan fingerprint density at radius 3 is 2.00 bits per heavy atom. The first-order valence-electron chi connectivity index (χ1n) is 2.78. The molecule has 1 fully saturated rings. The molecule has 2 rings (SSSR count). The van der Waals surface area contributed by atoms with Gasteiger partial charge in [-0.15, -0.1) is 0 Å². The van der Waals surface area contributed by atoms with Gasteiger partial charge in [0, 0.05) is 12.3 Å². The number of rotatable bonds is 0. The number of hydrogen-bond acceptors (Lipinski definition) is 0. The largest absolute Gasteiger partial charge is 0.236 e. The minimum absolute atomic E-state index is 1.14. The van der Waals surface area contributed by atoms with Gasteiger partial charge in [-0.2, -0.15) is 0 Å². The summed E-state index contributed by atoms with van der Waals surface area (Å²) in [5.41, 5.74) is 0. The van der Waals surface area contributed by atoms with Crippen molar-refractivity contribution in [2.24, 2.45) is 0 Å². The summed E-state index contributed by atoms with van der Waals surface area (Å²) in [6, 6.07) is 3.15. The molecule has 1 nitrogen and oxygen atoms in total. The maximum absolute atomic E-state index is 3.15. The van der Waals surface area contributed by atoms with Crippen molar-refractivity contribution in [1.29, 1.82) is 0 Å². The van der Waals surface area contributed by atoms with Crippen molar-refractivity contribution in [3.05, 3.63) is 0 Å². The fourth-order valence-corrected chi connectivity index (χ4v) is 1.11. The molecule has 1 saturated heterocycles. The summed E-state index contributed by atoms with van der Waals surface area (Å²) >= 11 is 0. The van der Waals surface area contributed by atoms with Crippen LogP contribution < -0.4 is 0 Å². The van der Waals surface area contributed by atoms with E-state index in [9.17, 15) is 0 Å². The first kappa shape index (κ1) is 3.51. The first-order chi connectivity index (χ1) is 3.41. The van der Waals surface area contributed by atoms with Crippen LogP contribution in [0, 0.1) is 12.0 Å². The Morgan fingerprint density at radius 1 is 1.29 bits per heavy atom. The molecule has 2 heterocycles. The van der Waals surface area contributed by atoms with E-state index in [0.29, 0.717) is 0 Å². The number of nitrogens with zero attached hydrogens (tertiary/aromatic N) is 1. The van der Waals surface area contributed by atoms with Crippen LogP contribution in [-0.2, 0) is 0 Å². The highest BCUT2D eigenvalue weighted by Crippen LogP contribution is 2.21. The highest BCUT2D eigenvalue weighted by atomic mass is 15.4. The zero-order valence-corrected chi connectivity index (χ0v) is 4.28. The summed E-state index contributed by atoms with van der Waals surface area (Å²) in [4.78, 5) is 0. The van der Waals surface area contributed by atoms with Gasteiger partial charge in [0.1, 0.15) is 6.04 Å². The van der Waals surface area contributed by atoms with Crippen molar-refractivity contribution >= 4 is 0 Å². The van der Waals surface area contributed by atoms with Crippen molar-refractivity contribution in [3.63, 3.8) is 0 Å². The number of hydrogen-bond donors (Lipinski definition) is 0. The lowest BCUT2D eigenvalue weighted by atomic mass is 10.1. The van der Waals surface area contributed by atoms with Crippen LogP contribution in [0.1, 0.15) is 6.42 Å². The van der Waals surface area contributed by atoms with Crippen LogP contribution in [-0.4, -0.2) is 24.1 Å². The lowest BCUT2D eigenvalue weighted by molar-refractivity contribution is -0.906. The van der Waals surface area contributed by atoms with Crippen LogP contribution in [0.15, 0.2) is 0 Å². The molecule has 0 N–H and O–H groups in total. The van der Waals surface area contributed by atoms with Gasteiger partial charge in [0.15, 0.2) is 6.54 Å². The molecule has 2 aliphatic heterocycles. The van der Waals surface area contributed by atoms with Gasteiger partial charge >= 0.3 is 0 Å². The molecule has 1 spiro atoms. The Labute approximate surface area is 43.5 Å². The Morgan fingerprint density at radius 2 is 2.00 bits per heavy atom. The first-order valence-corrected chi connectivity index (χ1v) is 2.78. The van der Waals surface area contributed by atoms with E-state index < -0.39 is 0 Å². The van der Waals surface area contributed by atoms with Gasteiger partial charge in [-0.25, -0.2) is 4.48 Å². The lowest BCUT2D eigenvalue weighted by Gasteiger charge is -2.40. The Bertz CT molecular complexity index is 145. The Hall–Kier alpha value is -0.480. The average molecular weight is 94.1 g/mol. The van der Waals surface area contributed by atoms with E-state index in [1.54, 1.807) is 0 Å². The summed E-state index contributed by atoms with van der Waals surface area (Å²) in [5.74, 6) is 3.03. The van der Waals surface area contributed by atoms with Gasteiger partial charge in [0.25, 0.3) is 0 Å². The molecule has 0 atom stereocenters. The fraction of sp³-hybridized carbons (Fsp3) is 0.667. The van der Waals surface area contributed by atoms with Crippen LogP contribution in [0.4, 0.5) is 0 Å². The summed E-state index contributed by atoms with van der Waals surface area (Å²) in [7, 11) is 0. The third-order valence-electron chi connectivity index (χ3n) is 1.87. The van der Waals surface area contributed by atoms with E-state index in [2.05, 4.69) is 12.0 Å². The lowest BCUT2D eigenvalue weighted by Crippen LogP contribution is -2.57. The smallest absolute Gasteiger partial charge is 0.158 e. The van der Waals surface area contributed by atoms with E-state index in [4.69, 9.17) is 0 Å². The molecule has 0 aliphatic carbocycles. The van der Waals surface area contributed by atoms with Crippen LogP contribution in [0.25, 0.3) is 0 Å². The third-order valence-corrected chi connectivity index (χ3v) is 1.87. The van der Waals surface area contributed by atoms with Gasteiger partial charge < -0.3 is 0 Å². The average Bonchev–Trinajstić information content (AvgIpc) is 1.20. The molecule has 36 valence electrons. The number of quaternary nitrogens is 1. The van der Waals surface area contributed by atoms with Gasteiger partial charge in [0.05, 0.1) is 13.1 Å². The second-order valence-corrected chi connectivity index (χ2v) is 2.39. The second kappa shape index (κ2) is 0.850. The standard InChI is InChI=1S/C6H8N/c1-3-7(4-1)5-2-6-7/h1,3-5H2/q+1. The zero-order chi connectivity index (χ0) is 4.74. The van der Waals surface area contributed by atoms with E-state index in [-0.39, 0.29) is 0 Å². The molecule has 0 saturated carbocycles. The topological polar surface area (TPSA) is 0 Å². The third kappa shape index (κ3) is 0.284. The van der Waals surface area contributed by atoms with Crippen molar-refractivity contribution in [3.8, 4) is 12.0 Å². The summed E-state index contributed by atoms with van der Waals surface area (Å²) < 4.78 is 1.14. The highest BCUT2D eigenvalue weighted by Gasteiger charge is 2.37. The van der Waals surface area contributed by atoms with Crippen molar-refractivity contribution in [2.45, 2.75) is 6.42 Å². The van der Waals surface area contributed by atoms with E-state index in [1.807, 2.05) is 0 Å². The molecule has 0 aromatic heterocycles. The molecule has 0 amide bonds. The summed E-state index contributed by atoms with van der Waals surface area (Å²) in [5, 5.41) is 0. The quantitative estimate of drug-likeness (QED) is 0.297. The van der Waals surface area contributed by atoms with E-state index in [1.165, 1.54) is 19.5 Å². The highest BCUT2D eigenvalue weighted by molar-refractivity contribution is 5.04. The maximum atomic E-state index is 3.15. The molecule has 0 aromatic carbocycles. The monoisotopic (exact) mass is 94.1 g/mol. The van der Waals surface area contributed by atoms with Crippen molar-refractivity contribution in [2.75, 3.05) is 19.6 Å².